The molecule has 1 aromatic heterocycles. The van der Waals surface area contributed by atoms with E-state index in [2.05, 4.69) is 16.6 Å². The predicted molar refractivity (Wildman–Crippen MR) is 134 cm³/mol. The first kappa shape index (κ1) is 22.8. The number of carbonyl (C=O) groups is 2. The van der Waals surface area contributed by atoms with Gasteiger partial charge in [0.1, 0.15) is 18.1 Å². The molecule has 0 fully saturated rings. The molecular formula is C28H26N2O5. The number of rotatable bonds is 5. The fourth-order valence-electron chi connectivity index (χ4n) is 4.50. The van der Waals surface area contributed by atoms with Crippen molar-refractivity contribution in [2.24, 2.45) is 5.16 Å². The molecule has 3 aromatic carbocycles. The molecule has 0 unspecified atom stereocenters. The average Bonchev–Trinajstić information content (AvgIpc) is 3.39. The highest BCUT2D eigenvalue weighted by Crippen LogP contribution is 2.41. The lowest BCUT2D eigenvalue weighted by atomic mass is 9.97. The third-order valence-electron chi connectivity index (χ3n) is 6.35. The Bertz CT molecular complexity index is 1540. The SMILES string of the molecule is CCn1c2ccc(C(=O)c3ccccc3C)cc2c2c3c(ccc21)/C(=N/OC(=O)C(C)(C)O)CO3. The Hall–Kier alpha value is -3.97. The molecule has 1 N–H and O–H groups in total. The number of carbonyl (C=O) groups excluding carboxylic acids is 2. The van der Waals surface area contributed by atoms with Gasteiger partial charge in [0.15, 0.2) is 11.4 Å². The van der Waals surface area contributed by atoms with Crippen molar-refractivity contribution in [3.8, 4) is 5.75 Å². The molecule has 7 heteroatoms. The maximum absolute atomic E-state index is 13.3. The van der Waals surface area contributed by atoms with E-state index in [1.165, 1.54) is 13.8 Å². The third kappa shape index (κ3) is 3.78. The van der Waals surface area contributed by atoms with Gasteiger partial charge in [-0.15, -0.1) is 0 Å². The number of ketones is 1. The highest BCUT2D eigenvalue weighted by Gasteiger charge is 2.29. The summed E-state index contributed by atoms with van der Waals surface area (Å²) in [6.07, 6.45) is 0. The van der Waals surface area contributed by atoms with Crippen LogP contribution in [0.5, 0.6) is 5.75 Å². The second-order valence-electron chi connectivity index (χ2n) is 9.22. The topological polar surface area (TPSA) is 90.1 Å². The van der Waals surface area contributed by atoms with Crippen molar-refractivity contribution in [3.63, 3.8) is 0 Å². The molecule has 0 saturated carbocycles. The minimum absolute atomic E-state index is 0.0309. The average molecular weight is 471 g/mol. The lowest BCUT2D eigenvalue weighted by Crippen LogP contribution is -2.32. The molecule has 0 amide bonds. The first-order valence-corrected chi connectivity index (χ1v) is 11.5. The Morgan fingerprint density at radius 3 is 2.57 bits per heavy atom. The lowest BCUT2D eigenvalue weighted by molar-refractivity contribution is -0.161. The standard InChI is InChI=1S/C28H26N2O5/c1-5-30-22-12-10-17(25(31)18-9-7-6-8-16(18)2)14-20(22)24-23(30)13-11-19-21(15-34-26(19)24)29-35-27(32)28(3,4)33/h6-14,33H,5,15H2,1-4H3/b29-21+. The predicted octanol–water partition coefficient (Wildman–Crippen LogP) is 4.76. The number of ether oxygens (including phenoxy) is 1. The highest BCUT2D eigenvalue weighted by molar-refractivity contribution is 6.20. The third-order valence-corrected chi connectivity index (χ3v) is 6.35. The van der Waals surface area contributed by atoms with Crippen LogP contribution in [0, 0.1) is 6.92 Å². The van der Waals surface area contributed by atoms with Gasteiger partial charge in [0, 0.05) is 34.1 Å². The number of nitrogens with zero attached hydrogens (tertiary/aromatic N) is 2. The van der Waals surface area contributed by atoms with Crippen LogP contribution >= 0.6 is 0 Å². The van der Waals surface area contributed by atoms with Gasteiger partial charge in [-0.2, -0.15) is 0 Å². The van der Waals surface area contributed by atoms with Crippen molar-refractivity contribution in [2.45, 2.75) is 39.8 Å². The number of hydrogen-bond acceptors (Lipinski definition) is 6. The largest absolute Gasteiger partial charge is 0.486 e. The minimum atomic E-state index is -1.65. The van der Waals surface area contributed by atoms with Crippen LogP contribution in [-0.4, -0.2) is 39.3 Å². The van der Waals surface area contributed by atoms with Crippen molar-refractivity contribution in [3.05, 3.63) is 76.9 Å². The van der Waals surface area contributed by atoms with Gasteiger partial charge in [0.2, 0.25) is 0 Å². The van der Waals surface area contributed by atoms with Gasteiger partial charge in [-0.25, -0.2) is 4.79 Å². The summed E-state index contributed by atoms with van der Waals surface area (Å²) in [5, 5.41) is 15.6. The molecule has 0 radical (unpaired) electrons. The zero-order valence-corrected chi connectivity index (χ0v) is 20.1. The second-order valence-corrected chi connectivity index (χ2v) is 9.22. The van der Waals surface area contributed by atoms with Gasteiger partial charge in [-0.1, -0.05) is 29.4 Å². The van der Waals surface area contributed by atoms with Gasteiger partial charge in [-0.3, -0.25) is 4.79 Å². The fourth-order valence-corrected chi connectivity index (χ4v) is 4.50. The molecule has 0 atom stereocenters. The summed E-state index contributed by atoms with van der Waals surface area (Å²) in [6.45, 7) is 7.56. The van der Waals surface area contributed by atoms with E-state index >= 15 is 0 Å². The van der Waals surface area contributed by atoms with Crippen LogP contribution in [0.15, 0.2) is 59.8 Å². The summed E-state index contributed by atoms with van der Waals surface area (Å²) in [4.78, 5) is 30.2. The van der Waals surface area contributed by atoms with Gasteiger partial charge in [0.25, 0.3) is 0 Å². The molecule has 0 spiro atoms. The van der Waals surface area contributed by atoms with E-state index in [0.717, 1.165) is 33.9 Å². The van der Waals surface area contributed by atoms with Crippen LogP contribution in [-0.2, 0) is 16.2 Å². The molecule has 0 aliphatic carbocycles. The summed E-state index contributed by atoms with van der Waals surface area (Å²) in [7, 11) is 0. The molecule has 2 heterocycles. The van der Waals surface area contributed by atoms with Gasteiger partial charge < -0.3 is 19.2 Å². The molecular weight excluding hydrogens is 444 g/mol. The Kier molecular flexibility index (Phi) is 5.44. The van der Waals surface area contributed by atoms with Crippen molar-refractivity contribution >= 4 is 39.3 Å². The smallest absolute Gasteiger partial charge is 0.365 e. The van der Waals surface area contributed by atoms with E-state index in [1.807, 2.05) is 61.5 Å². The quantitative estimate of drug-likeness (QED) is 0.258. The molecule has 5 rings (SSSR count). The van der Waals surface area contributed by atoms with E-state index in [4.69, 9.17) is 9.57 Å². The molecule has 1 aliphatic heterocycles. The van der Waals surface area contributed by atoms with Crippen molar-refractivity contribution in [2.75, 3.05) is 6.61 Å². The first-order chi connectivity index (χ1) is 16.7. The summed E-state index contributed by atoms with van der Waals surface area (Å²) in [6, 6.07) is 17.2. The molecule has 1 aliphatic rings. The maximum atomic E-state index is 13.3. The van der Waals surface area contributed by atoms with Crippen LogP contribution in [0.3, 0.4) is 0 Å². The van der Waals surface area contributed by atoms with E-state index < -0.39 is 11.6 Å². The zero-order valence-electron chi connectivity index (χ0n) is 20.1. The van der Waals surface area contributed by atoms with E-state index in [-0.39, 0.29) is 12.4 Å². The number of oxime groups is 1. The first-order valence-electron chi connectivity index (χ1n) is 11.5. The zero-order chi connectivity index (χ0) is 24.9. The van der Waals surface area contributed by atoms with Crippen LogP contribution in [0.4, 0.5) is 0 Å². The van der Waals surface area contributed by atoms with Crippen molar-refractivity contribution < 1.29 is 24.3 Å². The van der Waals surface area contributed by atoms with E-state index in [0.29, 0.717) is 28.2 Å². The van der Waals surface area contributed by atoms with Crippen LogP contribution < -0.4 is 4.74 Å². The van der Waals surface area contributed by atoms with Gasteiger partial charge >= 0.3 is 5.97 Å². The van der Waals surface area contributed by atoms with Gasteiger partial charge in [0.05, 0.1) is 10.9 Å². The number of benzene rings is 3. The Morgan fingerprint density at radius 2 is 1.86 bits per heavy atom. The van der Waals surface area contributed by atoms with Gasteiger partial charge in [-0.05, 0) is 63.6 Å². The molecule has 7 nitrogen and oxygen atoms in total. The normalized spacial score (nSPS) is 14.4. The monoisotopic (exact) mass is 470 g/mol. The minimum Gasteiger partial charge on any atom is -0.486 e. The summed E-state index contributed by atoms with van der Waals surface area (Å²) < 4.78 is 8.21. The molecule has 0 bridgehead atoms. The van der Waals surface area contributed by atoms with Crippen LogP contribution in [0.1, 0.15) is 47.8 Å². The molecule has 4 aromatic rings. The number of aromatic nitrogens is 1. The number of aryl methyl sites for hydroxylation is 2. The Morgan fingerprint density at radius 1 is 1.11 bits per heavy atom. The number of fused-ring (bicyclic) bond motifs is 5. The summed E-state index contributed by atoms with van der Waals surface area (Å²) in [5.74, 6) is -0.239. The van der Waals surface area contributed by atoms with E-state index in [1.54, 1.807) is 0 Å². The molecule has 178 valence electrons. The molecule has 0 saturated heterocycles. The maximum Gasteiger partial charge on any atom is 0.365 e. The van der Waals surface area contributed by atoms with Crippen molar-refractivity contribution in [1.82, 2.24) is 4.57 Å². The lowest BCUT2D eigenvalue weighted by Gasteiger charge is -2.11. The van der Waals surface area contributed by atoms with E-state index in [9.17, 15) is 14.7 Å². The van der Waals surface area contributed by atoms with Crippen molar-refractivity contribution in [1.29, 1.82) is 0 Å². The van der Waals surface area contributed by atoms with Crippen LogP contribution in [0.25, 0.3) is 21.8 Å². The Labute approximate surface area is 202 Å². The number of hydrogen-bond donors (Lipinski definition) is 1. The van der Waals surface area contributed by atoms with Crippen LogP contribution in [0.2, 0.25) is 0 Å². The summed E-state index contributed by atoms with van der Waals surface area (Å²) >= 11 is 0. The highest BCUT2D eigenvalue weighted by atomic mass is 16.7. The molecule has 35 heavy (non-hydrogen) atoms. The second kappa shape index (κ2) is 8.36. The number of aliphatic hydroxyl groups is 1. The Balaban J connectivity index is 1.65. The fraction of sp³-hybridized carbons (Fsp3) is 0.250. The summed E-state index contributed by atoms with van der Waals surface area (Å²) in [5.41, 5.74) is 3.72.